The Morgan fingerprint density at radius 1 is 1.00 bits per heavy atom. The monoisotopic (exact) mass is 258 g/mol. The van der Waals surface area contributed by atoms with E-state index >= 15 is 0 Å². The fraction of sp³-hybridized carbons (Fsp3) is 0.667. The Balaban J connectivity index is 1.63. The number of carbonyl (C=O) groups is 1. The van der Waals surface area contributed by atoms with Crippen LogP contribution in [0.1, 0.15) is 54.2 Å². The fourth-order valence-electron chi connectivity index (χ4n) is 5.03. The highest BCUT2D eigenvalue weighted by atomic mass is 16.4. The number of hydrogen-bond acceptors (Lipinski definition) is 3. The summed E-state index contributed by atoms with van der Waals surface area (Å²) in [6.07, 6.45) is 9.96. The maximum Gasteiger partial charge on any atom is 0.356 e. The largest absolute Gasteiger partial charge is 0.476 e. The normalized spacial score (nSPS) is 39.5. The molecule has 100 valence electrons. The van der Waals surface area contributed by atoms with Gasteiger partial charge in [0, 0.05) is 12.1 Å². The number of carboxylic acids is 1. The second-order valence-electron chi connectivity index (χ2n) is 6.59. The van der Waals surface area contributed by atoms with Gasteiger partial charge in [0.25, 0.3) is 0 Å². The predicted molar refractivity (Wildman–Crippen MR) is 68.8 cm³/mol. The third-order valence-electron chi connectivity index (χ3n) is 5.46. The van der Waals surface area contributed by atoms with Crippen LogP contribution in [-0.4, -0.2) is 21.0 Å². The van der Waals surface area contributed by atoms with Crippen LogP contribution in [0.5, 0.6) is 0 Å². The second kappa shape index (κ2) is 4.02. The van der Waals surface area contributed by atoms with Crippen molar-refractivity contribution in [3.8, 4) is 0 Å². The van der Waals surface area contributed by atoms with Gasteiger partial charge in [-0.15, -0.1) is 0 Å². The molecule has 0 aliphatic heterocycles. The zero-order valence-corrected chi connectivity index (χ0v) is 10.8. The number of carboxylic acid groups (broad SMARTS) is 1. The van der Waals surface area contributed by atoms with E-state index in [1.807, 2.05) is 0 Å². The van der Waals surface area contributed by atoms with Gasteiger partial charge >= 0.3 is 5.97 Å². The van der Waals surface area contributed by atoms with Gasteiger partial charge in [-0.1, -0.05) is 0 Å². The Morgan fingerprint density at radius 2 is 1.63 bits per heavy atom. The molecular formula is C15H18N2O2. The van der Waals surface area contributed by atoms with Gasteiger partial charge in [0.2, 0.25) is 0 Å². The summed E-state index contributed by atoms with van der Waals surface area (Å²) in [7, 11) is 0. The van der Waals surface area contributed by atoms with Gasteiger partial charge in [-0.25, -0.2) is 9.78 Å². The van der Waals surface area contributed by atoms with Gasteiger partial charge in [0.1, 0.15) is 0 Å². The van der Waals surface area contributed by atoms with Crippen molar-refractivity contribution in [3.05, 3.63) is 23.8 Å². The smallest absolute Gasteiger partial charge is 0.356 e. The summed E-state index contributed by atoms with van der Waals surface area (Å²) in [6.45, 7) is 0. The summed E-state index contributed by atoms with van der Waals surface area (Å²) in [5, 5.41) is 8.89. The molecule has 4 aliphatic rings. The lowest BCUT2D eigenvalue weighted by molar-refractivity contribution is -0.00428. The number of aromatic nitrogens is 2. The third kappa shape index (κ3) is 1.77. The van der Waals surface area contributed by atoms with E-state index in [0.29, 0.717) is 5.92 Å². The van der Waals surface area contributed by atoms with Crippen LogP contribution in [0.4, 0.5) is 0 Å². The van der Waals surface area contributed by atoms with Crippen LogP contribution in [0.3, 0.4) is 0 Å². The zero-order chi connectivity index (χ0) is 13.0. The van der Waals surface area contributed by atoms with Crippen molar-refractivity contribution in [2.75, 3.05) is 0 Å². The van der Waals surface area contributed by atoms with Crippen molar-refractivity contribution in [1.82, 2.24) is 9.97 Å². The summed E-state index contributed by atoms with van der Waals surface area (Å²) in [5.41, 5.74) is 1.08. The molecular weight excluding hydrogens is 240 g/mol. The molecule has 0 aromatic carbocycles. The predicted octanol–water partition coefficient (Wildman–Crippen LogP) is 2.71. The van der Waals surface area contributed by atoms with E-state index in [1.54, 1.807) is 6.20 Å². The fourth-order valence-corrected chi connectivity index (χ4v) is 5.03. The van der Waals surface area contributed by atoms with E-state index in [1.165, 1.54) is 38.3 Å². The van der Waals surface area contributed by atoms with Crippen molar-refractivity contribution in [2.45, 2.75) is 38.0 Å². The molecule has 0 saturated heterocycles. The van der Waals surface area contributed by atoms with E-state index < -0.39 is 5.97 Å². The molecule has 0 amide bonds. The molecule has 4 saturated carbocycles. The minimum absolute atomic E-state index is 0.0487. The molecule has 1 N–H and O–H groups in total. The average molecular weight is 258 g/mol. The van der Waals surface area contributed by atoms with Crippen LogP contribution in [0.15, 0.2) is 12.4 Å². The highest BCUT2D eigenvalue weighted by Gasteiger charge is 2.49. The lowest BCUT2D eigenvalue weighted by atomic mass is 9.51. The minimum atomic E-state index is -0.996. The van der Waals surface area contributed by atoms with E-state index in [9.17, 15) is 4.79 Å². The summed E-state index contributed by atoms with van der Waals surface area (Å²) in [4.78, 5) is 19.3. The molecule has 0 spiro atoms. The molecule has 4 aliphatic carbocycles. The maximum atomic E-state index is 10.8. The number of aromatic carboxylic acids is 1. The molecule has 4 fully saturated rings. The molecule has 0 atom stereocenters. The lowest BCUT2D eigenvalue weighted by Gasteiger charge is -2.54. The van der Waals surface area contributed by atoms with Gasteiger partial charge in [0.05, 0.1) is 11.9 Å². The van der Waals surface area contributed by atoms with Crippen LogP contribution in [0, 0.1) is 23.7 Å². The van der Waals surface area contributed by atoms with E-state index in [4.69, 9.17) is 5.11 Å². The van der Waals surface area contributed by atoms with Gasteiger partial charge < -0.3 is 5.11 Å². The van der Waals surface area contributed by atoms with Crippen molar-refractivity contribution in [2.24, 2.45) is 23.7 Å². The summed E-state index contributed by atoms with van der Waals surface area (Å²) >= 11 is 0. The zero-order valence-electron chi connectivity index (χ0n) is 10.8. The number of rotatable bonds is 2. The molecule has 5 rings (SSSR count). The van der Waals surface area contributed by atoms with Gasteiger partial charge in [-0.2, -0.15) is 0 Å². The van der Waals surface area contributed by atoms with Gasteiger partial charge in [0.15, 0.2) is 5.69 Å². The highest BCUT2D eigenvalue weighted by molar-refractivity contribution is 5.84. The Morgan fingerprint density at radius 3 is 2.11 bits per heavy atom. The molecule has 4 bridgehead atoms. The second-order valence-corrected chi connectivity index (χ2v) is 6.59. The molecule has 0 radical (unpaired) electrons. The first-order chi connectivity index (χ1) is 9.20. The standard InChI is InChI=1S/C15H18N2O2/c18-15(19)13-7-16-12(6-17-13)14-10-2-8-1-9(4-10)5-11(14)3-8/h6-11,14H,1-5H2,(H,18,19). The van der Waals surface area contributed by atoms with E-state index in [-0.39, 0.29) is 5.69 Å². The van der Waals surface area contributed by atoms with Gasteiger partial charge in [-0.05, 0) is 55.8 Å². The maximum absolute atomic E-state index is 10.8. The SMILES string of the molecule is O=C(O)c1cnc(C2C3CC4CC(C3)CC2C4)cn1. The molecule has 0 unspecified atom stereocenters. The van der Waals surface area contributed by atoms with Crippen LogP contribution in [0.2, 0.25) is 0 Å². The van der Waals surface area contributed by atoms with Gasteiger partial charge in [-0.3, -0.25) is 4.98 Å². The molecule has 4 nitrogen and oxygen atoms in total. The van der Waals surface area contributed by atoms with Crippen LogP contribution < -0.4 is 0 Å². The topological polar surface area (TPSA) is 63.1 Å². The van der Waals surface area contributed by atoms with Crippen molar-refractivity contribution < 1.29 is 9.90 Å². The average Bonchev–Trinajstić information content (AvgIpc) is 2.38. The van der Waals surface area contributed by atoms with E-state index in [2.05, 4.69) is 9.97 Å². The summed E-state index contributed by atoms with van der Waals surface area (Å²) in [6, 6.07) is 0. The lowest BCUT2D eigenvalue weighted by Crippen LogP contribution is -2.44. The van der Waals surface area contributed by atoms with Crippen molar-refractivity contribution >= 4 is 5.97 Å². The molecule has 1 heterocycles. The Hall–Kier alpha value is -1.45. The molecule has 1 aromatic rings. The highest BCUT2D eigenvalue weighted by Crippen LogP contribution is 2.59. The molecule has 1 aromatic heterocycles. The quantitative estimate of drug-likeness (QED) is 0.886. The first-order valence-corrected chi connectivity index (χ1v) is 7.26. The van der Waals surface area contributed by atoms with Crippen molar-refractivity contribution in [3.63, 3.8) is 0 Å². The van der Waals surface area contributed by atoms with Crippen LogP contribution in [-0.2, 0) is 0 Å². The van der Waals surface area contributed by atoms with Crippen molar-refractivity contribution in [1.29, 1.82) is 0 Å². The summed E-state index contributed by atoms with van der Waals surface area (Å²) in [5.74, 6) is 2.96. The minimum Gasteiger partial charge on any atom is -0.476 e. The summed E-state index contributed by atoms with van der Waals surface area (Å²) < 4.78 is 0. The van der Waals surface area contributed by atoms with Crippen LogP contribution in [0.25, 0.3) is 0 Å². The Labute approximate surface area is 112 Å². The first kappa shape index (κ1) is 11.4. The number of hydrogen-bond donors (Lipinski definition) is 1. The number of nitrogens with zero attached hydrogens (tertiary/aromatic N) is 2. The molecule has 4 heteroatoms. The molecule has 19 heavy (non-hydrogen) atoms. The Kier molecular flexibility index (Phi) is 2.41. The Bertz CT molecular complexity index is 483. The van der Waals surface area contributed by atoms with E-state index in [0.717, 1.165) is 29.4 Å². The third-order valence-corrected chi connectivity index (χ3v) is 5.46. The first-order valence-electron chi connectivity index (χ1n) is 7.26. The van der Waals surface area contributed by atoms with Crippen LogP contribution >= 0.6 is 0 Å².